The molecule has 9 heteroatoms. The monoisotopic (exact) mass is 347 g/mol. The number of primary amides is 1. The number of halogens is 1. The van der Waals surface area contributed by atoms with E-state index >= 15 is 0 Å². The summed E-state index contributed by atoms with van der Waals surface area (Å²) in [4.78, 5) is 21.8. The Morgan fingerprint density at radius 3 is 2.79 bits per heavy atom. The van der Waals surface area contributed by atoms with Crippen LogP contribution in [0.4, 0.5) is 5.69 Å². The van der Waals surface area contributed by atoms with Gasteiger partial charge in [-0.15, -0.1) is 0 Å². The first-order valence-electron chi connectivity index (χ1n) is 5.20. The Hall–Kier alpha value is -1.45. The lowest BCUT2D eigenvalue weighted by Crippen LogP contribution is -2.33. The van der Waals surface area contributed by atoms with Crippen LogP contribution < -0.4 is 15.8 Å². The molecular formula is C10H10BrN3O4S. The van der Waals surface area contributed by atoms with Crippen LogP contribution in [-0.4, -0.2) is 26.8 Å². The van der Waals surface area contributed by atoms with Crippen LogP contribution in [-0.2, 0) is 26.0 Å². The molecular weight excluding hydrogens is 338 g/mol. The van der Waals surface area contributed by atoms with Gasteiger partial charge in [0.05, 0.1) is 17.9 Å². The zero-order valence-corrected chi connectivity index (χ0v) is 12.0. The van der Waals surface area contributed by atoms with Crippen molar-refractivity contribution in [3.05, 3.63) is 22.2 Å². The molecule has 0 saturated carbocycles. The second-order valence-corrected chi connectivity index (χ2v) is 6.55. The molecule has 2 rings (SSSR count). The van der Waals surface area contributed by atoms with E-state index in [2.05, 4.69) is 26.0 Å². The SMILES string of the molecule is NC(=O)CNS(=O)(=O)c1cc2c(cc1Br)NC(=O)C2. The highest BCUT2D eigenvalue weighted by Crippen LogP contribution is 2.32. The summed E-state index contributed by atoms with van der Waals surface area (Å²) in [6, 6.07) is 2.90. The molecule has 19 heavy (non-hydrogen) atoms. The van der Waals surface area contributed by atoms with Crippen molar-refractivity contribution in [2.75, 3.05) is 11.9 Å². The van der Waals surface area contributed by atoms with Gasteiger partial charge < -0.3 is 11.1 Å². The number of carbonyl (C=O) groups is 2. The van der Waals surface area contributed by atoms with Gasteiger partial charge in [-0.2, -0.15) is 0 Å². The van der Waals surface area contributed by atoms with Gasteiger partial charge >= 0.3 is 0 Å². The lowest BCUT2D eigenvalue weighted by atomic mass is 10.2. The van der Waals surface area contributed by atoms with Gasteiger partial charge in [0.25, 0.3) is 0 Å². The minimum absolute atomic E-state index is 0.0380. The number of sulfonamides is 1. The average Bonchev–Trinajstić information content (AvgIpc) is 2.64. The fourth-order valence-corrected chi connectivity index (χ4v) is 3.76. The van der Waals surface area contributed by atoms with Crippen molar-refractivity contribution in [2.24, 2.45) is 5.73 Å². The average molecular weight is 348 g/mol. The molecule has 0 radical (unpaired) electrons. The Labute approximate surface area is 117 Å². The molecule has 102 valence electrons. The van der Waals surface area contributed by atoms with Crippen molar-refractivity contribution in [2.45, 2.75) is 11.3 Å². The lowest BCUT2D eigenvalue weighted by Gasteiger charge is -2.09. The van der Waals surface area contributed by atoms with Crippen LogP contribution in [0.15, 0.2) is 21.5 Å². The van der Waals surface area contributed by atoms with E-state index in [1.165, 1.54) is 12.1 Å². The van der Waals surface area contributed by atoms with Crippen LogP contribution in [0.25, 0.3) is 0 Å². The molecule has 1 aliphatic heterocycles. The minimum atomic E-state index is -3.86. The number of hydrogen-bond acceptors (Lipinski definition) is 4. The number of anilines is 1. The maximum Gasteiger partial charge on any atom is 0.242 e. The number of carbonyl (C=O) groups excluding carboxylic acids is 2. The molecule has 1 aromatic carbocycles. The molecule has 4 N–H and O–H groups in total. The van der Waals surface area contributed by atoms with E-state index < -0.39 is 22.5 Å². The van der Waals surface area contributed by atoms with Crippen molar-refractivity contribution in [1.82, 2.24) is 4.72 Å². The van der Waals surface area contributed by atoms with E-state index in [0.717, 1.165) is 0 Å². The van der Waals surface area contributed by atoms with E-state index in [0.29, 0.717) is 15.7 Å². The molecule has 1 aliphatic rings. The fraction of sp³-hybridized carbons (Fsp3) is 0.200. The molecule has 1 heterocycles. The third-order valence-corrected chi connectivity index (χ3v) is 4.87. The van der Waals surface area contributed by atoms with Crippen LogP contribution >= 0.6 is 15.9 Å². The third kappa shape index (κ3) is 2.94. The van der Waals surface area contributed by atoms with Crippen LogP contribution in [0.1, 0.15) is 5.56 Å². The van der Waals surface area contributed by atoms with Crippen molar-refractivity contribution in [3.8, 4) is 0 Å². The summed E-state index contributed by atoms with van der Waals surface area (Å²) in [5.41, 5.74) is 6.06. The minimum Gasteiger partial charge on any atom is -0.369 e. The van der Waals surface area contributed by atoms with Gasteiger partial charge in [0.15, 0.2) is 0 Å². The largest absolute Gasteiger partial charge is 0.369 e. The second-order valence-electron chi connectivity index (χ2n) is 3.96. The normalized spacial score (nSPS) is 14.1. The Morgan fingerprint density at radius 2 is 2.16 bits per heavy atom. The summed E-state index contributed by atoms with van der Waals surface area (Å²) >= 11 is 3.13. The van der Waals surface area contributed by atoms with Crippen molar-refractivity contribution in [3.63, 3.8) is 0 Å². The summed E-state index contributed by atoms with van der Waals surface area (Å²) in [7, 11) is -3.86. The molecule has 0 bridgehead atoms. The van der Waals surface area contributed by atoms with Gasteiger partial charge in [0, 0.05) is 10.2 Å². The molecule has 7 nitrogen and oxygen atoms in total. The van der Waals surface area contributed by atoms with Gasteiger partial charge in [-0.05, 0) is 33.6 Å². The van der Waals surface area contributed by atoms with Crippen LogP contribution in [0.5, 0.6) is 0 Å². The molecule has 1 aromatic rings. The summed E-state index contributed by atoms with van der Waals surface area (Å²) in [5, 5.41) is 2.61. The number of fused-ring (bicyclic) bond motifs is 1. The lowest BCUT2D eigenvalue weighted by molar-refractivity contribution is -0.117. The maximum absolute atomic E-state index is 12.0. The number of nitrogens with one attached hydrogen (secondary N) is 2. The molecule has 0 aliphatic carbocycles. The highest BCUT2D eigenvalue weighted by Gasteiger charge is 2.24. The predicted molar refractivity (Wildman–Crippen MR) is 70.9 cm³/mol. The number of hydrogen-bond donors (Lipinski definition) is 3. The predicted octanol–water partition coefficient (Wildman–Crippen LogP) is -0.293. The van der Waals surface area contributed by atoms with Crippen LogP contribution in [0.2, 0.25) is 0 Å². The maximum atomic E-state index is 12.0. The molecule has 2 amide bonds. The van der Waals surface area contributed by atoms with Gasteiger partial charge in [-0.25, -0.2) is 13.1 Å². The fourth-order valence-electron chi connectivity index (χ4n) is 1.68. The van der Waals surface area contributed by atoms with Crippen molar-refractivity contribution in [1.29, 1.82) is 0 Å². The first-order chi connectivity index (χ1) is 8.79. The van der Waals surface area contributed by atoms with E-state index in [-0.39, 0.29) is 17.2 Å². The number of rotatable bonds is 4. The van der Waals surface area contributed by atoms with Crippen LogP contribution in [0, 0.1) is 0 Å². The zero-order valence-electron chi connectivity index (χ0n) is 9.57. The van der Waals surface area contributed by atoms with Gasteiger partial charge in [0.1, 0.15) is 0 Å². The molecule has 0 unspecified atom stereocenters. The van der Waals surface area contributed by atoms with Crippen molar-refractivity contribution < 1.29 is 18.0 Å². The quantitative estimate of drug-likeness (QED) is 0.693. The van der Waals surface area contributed by atoms with Gasteiger partial charge in [-0.1, -0.05) is 0 Å². The molecule has 0 atom stereocenters. The highest BCUT2D eigenvalue weighted by atomic mass is 79.9. The van der Waals surface area contributed by atoms with Crippen molar-refractivity contribution >= 4 is 43.5 Å². The van der Waals surface area contributed by atoms with Gasteiger partial charge in [-0.3, -0.25) is 9.59 Å². The van der Waals surface area contributed by atoms with E-state index in [1.54, 1.807) is 0 Å². The van der Waals surface area contributed by atoms with E-state index in [4.69, 9.17) is 5.73 Å². The number of amides is 2. The smallest absolute Gasteiger partial charge is 0.242 e. The molecule has 0 saturated heterocycles. The van der Waals surface area contributed by atoms with Gasteiger partial charge in [0.2, 0.25) is 21.8 Å². The standard InChI is InChI=1S/C10H10BrN3O4S/c11-6-3-7-5(2-10(16)14-7)1-8(6)19(17,18)13-4-9(12)15/h1,3,13H,2,4H2,(H2,12,15)(H,14,16). The van der Waals surface area contributed by atoms with Crippen LogP contribution in [0.3, 0.4) is 0 Å². The Kier molecular flexibility index (Phi) is 3.61. The van der Waals surface area contributed by atoms with E-state index in [9.17, 15) is 18.0 Å². The Bertz CT molecular complexity index is 672. The summed E-state index contributed by atoms with van der Waals surface area (Å²) in [5.74, 6) is -0.973. The molecule has 0 spiro atoms. The number of nitrogens with two attached hydrogens (primary N) is 1. The Morgan fingerprint density at radius 1 is 1.47 bits per heavy atom. The Balaban J connectivity index is 2.38. The molecule has 0 aromatic heterocycles. The summed E-state index contributed by atoms with van der Waals surface area (Å²) in [6.07, 6.45) is 0.126. The van der Waals surface area contributed by atoms with E-state index in [1.807, 2.05) is 0 Å². The second kappa shape index (κ2) is 4.91. The zero-order chi connectivity index (χ0) is 14.2. The first kappa shape index (κ1) is 14.0. The summed E-state index contributed by atoms with van der Waals surface area (Å²) < 4.78 is 26.3. The first-order valence-corrected chi connectivity index (χ1v) is 7.47. The summed E-state index contributed by atoms with van der Waals surface area (Å²) in [6.45, 7) is -0.483. The number of benzene rings is 1. The topological polar surface area (TPSA) is 118 Å². The highest BCUT2D eigenvalue weighted by molar-refractivity contribution is 9.10. The molecule has 0 fully saturated rings. The third-order valence-electron chi connectivity index (χ3n) is 2.51.